The number of rotatable bonds is 4. The van der Waals surface area contributed by atoms with Crippen LogP contribution in [0.15, 0.2) is 23.1 Å². The van der Waals surface area contributed by atoms with Gasteiger partial charge in [-0.2, -0.15) is 13.2 Å². The van der Waals surface area contributed by atoms with E-state index >= 15 is 0 Å². The molecule has 0 atom stereocenters. The van der Waals surface area contributed by atoms with Crippen molar-refractivity contribution in [1.82, 2.24) is 9.88 Å². The van der Waals surface area contributed by atoms with Gasteiger partial charge >= 0.3 is 6.18 Å². The number of hydrogen-bond acceptors (Lipinski definition) is 2. The molecule has 1 heterocycles. The second-order valence-corrected chi connectivity index (χ2v) is 4.27. The van der Waals surface area contributed by atoms with E-state index < -0.39 is 24.2 Å². The molecule has 1 rings (SSSR count). The van der Waals surface area contributed by atoms with Crippen molar-refractivity contribution in [3.63, 3.8) is 0 Å². The van der Waals surface area contributed by atoms with Crippen LogP contribution in [-0.4, -0.2) is 40.4 Å². The van der Waals surface area contributed by atoms with Gasteiger partial charge in [0.05, 0.1) is 0 Å². The highest BCUT2D eigenvalue weighted by Crippen LogP contribution is 2.17. The zero-order valence-corrected chi connectivity index (χ0v) is 10.7. The molecule has 8 heteroatoms. The van der Waals surface area contributed by atoms with Crippen molar-refractivity contribution in [2.45, 2.75) is 6.18 Å². The molecule has 1 N–H and O–H groups in total. The standard InChI is InChI=1S/C10H10BrF3N2O2/c11-2-4-16(6-10(12,13)14)9(18)7-1-3-15-8(17)5-7/h1,3,5H,2,4,6H2,(H,15,17). The first-order chi connectivity index (χ1) is 8.33. The number of amides is 1. The number of nitrogens with zero attached hydrogens (tertiary/aromatic N) is 1. The van der Waals surface area contributed by atoms with Gasteiger partial charge in [0.25, 0.3) is 5.91 Å². The molecule has 0 saturated heterocycles. The van der Waals surface area contributed by atoms with E-state index in [0.29, 0.717) is 4.90 Å². The van der Waals surface area contributed by atoms with Crippen molar-refractivity contribution in [3.8, 4) is 0 Å². The average molecular weight is 327 g/mol. The van der Waals surface area contributed by atoms with Gasteiger partial charge in [-0.15, -0.1) is 0 Å². The van der Waals surface area contributed by atoms with Crippen molar-refractivity contribution in [2.24, 2.45) is 0 Å². The van der Waals surface area contributed by atoms with Gasteiger partial charge < -0.3 is 9.88 Å². The minimum absolute atomic E-state index is 0.0658. The predicted octanol–water partition coefficient (Wildman–Crippen LogP) is 1.77. The molecule has 0 aromatic carbocycles. The minimum Gasteiger partial charge on any atom is -0.329 e. The molecule has 0 aliphatic carbocycles. The molecule has 0 saturated carbocycles. The Kier molecular flexibility index (Phi) is 4.94. The van der Waals surface area contributed by atoms with Crippen molar-refractivity contribution in [2.75, 3.05) is 18.4 Å². The van der Waals surface area contributed by atoms with Crippen molar-refractivity contribution >= 4 is 21.8 Å². The molecule has 0 aliphatic rings. The summed E-state index contributed by atoms with van der Waals surface area (Å²) in [5.74, 6) is -0.821. The number of halogens is 4. The van der Waals surface area contributed by atoms with E-state index in [0.717, 1.165) is 6.07 Å². The third-order valence-corrected chi connectivity index (χ3v) is 2.39. The zero-order valence-electron chi connectivity index (χ0n) is 9.13. The van der Waals surface area contributed by atoms with Crippen molar-refractivity contribution in [3.05, 3.63) is 34.2 Å². The van der Waals surface area contributed by atoms with Gasteiger partial charge in [-0.1, -0.05) is 15.9 Å². The molecule has 0 unspecified atom stereocenters. The van der Waals surface area contributed by atoms with Crippen LogP contribution in [0.3, 0.4) is 0 Å². The Labute approximate surface area is 109 Å². The Balaban J connectivity index is 2.92. The Hall–Kier alpha value is -1.31. The Bertz CT molecular complexity index is 473. The van der Waals surface area contributed by atoms with Gasteiger partial charge in [0, 0.05) is 29.7 Å². The summed E-state index contributed by atoms with van der Waals surface area (Å²) in [4.78, 5) is 25.8. The number of pyridine rings is 1. The van der Waals surface area contributed by atoms with Crippen LogP contribution in [0, 0.1) is 0 Å². The molecule has 0 aliphatic heterocycles. The Morgan fingerprint density at radius 3 is 2.61 bits per heavy atom. The van der Waals surface area contributed by atoms with Crippen LogP contribution in [0.2, 0.25) is 0 Å². The van der Waals surface area contributed by atoms with E-state index in [4.69, 9.17) is 0 Å². The number of carbonyl (C=O) groups is 1. The van der Waals surface area contributed by atoms with Crippen LogP contribution < -0.4 is 5.56 Å². The largest absolute Gasteiger partial charge is 0.406 e. The van der Waals surface area contributed by atoms with Crippen LogP contribution in [0.1, 0.15) is 10.4 Å². The summed E-state index contributed by atoms with van der Waals surface area (Å²) in [6, 6.07) is 2.24. The molecule has 0 fully saturated rings. The topological polar surface area (TPSA) is 53.2 Å². The maximum absolute atomic E-state index is 12.3. The maximum Gasteiger partial charge on any atom is 0.406 e. The Morgan fingerprint density at radius 1 is 1.44 bits per heavy atom. The lowest BCUT2D eigenvalue weighted by Gasteiger charge is -2.23. The number of aromatic amines is 1. The number of H-pyrrole nitrogens is 1. The van der Waals surface area contributed by atoms with Gasteiger partial charge in [0.2, 0.25) is 5.56 Å². The number of nitrogens with one attached hydrogen (secondary N) is 1. The minimum atomic E-state index is -4.47. The monoisotopic (exact) mass is 326 g/mol. The summed E-state index contributed by atoms with van der Waals surface area (Å²) in [7, 11) is 0. The van der Waals surface area contributed by atoms with Crippen LogP contribution >= 0.6 is 15.9 Å². The third-order valence-electron chi connectivity index (χ3n) is 2.03. The molecule has 4 nitrogen and oxygen atoms in total. The molecule has 0 bridgehead atoms. The molecule has 0 radical (unpaired) electrons. The van der Waals surface area contributed by atoms with Gasteiger partial charge in [-0.3, -0.25) is 9.59 Å². The van der Waals surface area contributed by atoms with Gasteiger partial charge in [-0.25, -0.2) is 0 Å². The Morgan fingerprint density at radius 2 is 2.11 bits per heavy atom. The fraction of sp³-hybridized carbons (Fsp3) is 0.400. The molecular formula is C10H10BrF3N2O2. The summed E-state index contributed by atoms with van der Waals surface area (Å²) in [6.07, 6.45) is -3.26. The molecule has 1 aromatic rings. The van der Waals surface area contributed by atoms with Crippen molar-refractivity contribution < 1.29 is 18.0 Å². The van der Waals surface area contributed by atoms with Crippen LogP contribution in [-0.2, 0) is 0 Å². The molecule has 1 amide bonds. The molecule has 100 valence electrons. The quantitative estimate of drug-likeness (QED) is 0.857. The lowest BCUT2D eigenvalue weighted by atomic mass is 10.2. The normalized spacial score (nSPS) is 11.3. The summed E-state index contributed by atoms with van der Waals surface area (Å²) in [5.41, 5.74) is -0.601. The zero-order chi connectivity index (χ0) is 13.8. The average Bonchev–Trinajstić information content (AvgIpc) is 2.26. The SMILES string of the molecule is O=C(c1cc[nH]c(=O)c1)N(CCBr)CC(F)(F)F. The van der Waals surface area contributed by atoms with Gasteiger partial charge in [-0.05, 0) is 6.07 Å². The first-order valence-electron chi connectivity index (χ1n) is 4.94. The summed E-state index contributed by atoms with van der Waals surface area (Å²) < 4.78 is 36.9. The second-order valence-electron chi connectivity index (χ2n) is 3.47. The number of aromatic nitrogens is 1. The van der Waals surface area contributed by atoms with Crippen LogP contribution in [0.5, 0.6) is 0 Å². The molecule has 1 aromatic heterocycles. The van der Waals surface area contributed by atoms with Crippen LogP contribution in [0.25, 0.3) is 0 Å². The van der Waals surface area contributed by atoms with Gasteiger partial charge in [0.1, 0.15) is 6.54 Å². The van der Waals surface area contributed by atoms with Crippen molar-refractivity contribution in [1.29, 1.82) is 0 Å². The van der Waals surface area contributed by atoms with E-state index in [9.17, 15) is 22.8 Å². The smallest absolute Gasteiger partial charge is 0.329 e. The predicted molar refractivity (Wildman–Crippen MR) is 62.8 cm³/mol. The number of hydrogen-bond donors (Lipinski definition) is 1. The van der Waals surface area contributed by atoms with E-state index in [1.54, 1.807) is 0 Å². The molecule has 18 heavy (non-hydrogen) atoms. The van der Waals surface area contributed by atoms with E-state index in [1.807, 2.05) is 0 Å². The summed E-state index contributed by atoms with van der Waals surface area (Å²) >= 11 is 2.98. The van der Waals surface area contributed by atoms with Crippen LogP contribution in [0.4, 0.5) is 13.2 Å². The number of carbonyl (C=O) groups excluding carboxylic acids is 1. The third kappa shape index (κ3) is 4.52. The fourth-order valence-corrected chi connectivity index (χ4v) is 1.76. The summed E-state index contributed by atoms with van der Waals surface area (Å²) in [5, 5.41) is 0.220. The van der Waals surface area contributed by atoms with E-state index in [1.165, 1.54) is 12.3 Å². The molecular weight excluding hydrogens is 317 g/mol. The highest BCUT2D eigenvalue weighted by atomic mass is 79.9. The first-order valence-corrected chi connectivity index (χ1v) is 6.06. The molecule has 0 spiro atoms. The van der Waals surface area contributed by atoms with E-state index in [2.05, 4.69) is 20.9 Å². The summed E-state index contributed by atoms with van der Waals surface area (Å²) in [6.45, 7) is -1.44. The number of alkyl halides is 4. The lowest BCUT2D eigenvalue weighted by molar-refractivity contribution is -0.140. The highest BCUT2D eigenvalue weighted by Gasteiger charge is 2.33. The van der Waals surface area contributed by atoms with E-state index in [-0.39, 0.29) is 17.4 Å². The lowest BCUT2D eigenvalue weighted by Crippen LogP contribution is -2.40. The second kappa shape index (κ2) is 6.03. The maximum atomic E-state index is 12.3. The first kappa shape index (κ1) is 14.7. The fourth-order valence-electron chi connectivity index (χ4n) is 1.33. The highest BCUT2D eigenvalue weighted by molar-refractivity contribution is 9.09. The van der Waals surface area contributed by atoms with Gasteiger partial charge in [0.15, 0.2) is 0 Å².